The summed E-state index contributed by atoms with van der Waals surface area (Å²) in [6, 6.07) is 20.7. The number of nitrogens with zero attached hydrogens (tertiary/aromatic N) is 3. The van der Waals surface area contributed by atoms with Gasteiger partial charge in [-0.05, 0) is 55.5 Å². The van der Waals surface area contributed by atoms with Crippen molar-refractivity contribution in [3.63, 3.8) is 0 Å². The average Bonchev–Trinajstić information content (AvgIpc) is 3.22. The minimum Gasteiger partial charge on any atom is -0.486 e. The zero-order valence-corrected chi connectivity index (χ0v) is 19.2. The highest BCUT2D eigenvalue weighted by Crippen LogP contribution is 2.25. The first kappa shape index (κ1) is 22.8. The van der Waals surface area contributed by atoms with Crippen LogP contribution in [0.15, 0.2) is 78.0 Å². The summed E-state index contributed by atoms with van der Waals surface area (Å²) in [5, 5.41) is 12.4. The Bertz CT molecular complexity index is 1250. The molecule has 33 heavy (non-hydrogen) atoms. The smallest absolute Gasteiger partial charge is 0.234 e. The Morgan fingerprint density at radius 1 is 1.06 bits per heavy atom. The Morgan fingerprint density at radius 3 is 2.52 bits per heavy atom. The van der Waals surface area contributed by atoms with Crippen molar-refractivity contribution in [1.29, 1.82) is 0 Å². The lowest BCUT2D eigenvalue weighted by Gasteiger charge is -2.12. The lowest BCUT2D eigenvalue weighted by Crippen LogP contribution is -2.15. The van der Waals surface area contributed by atoms with Crippen LogP contribution in [0.4, 0.5) is 10.1 Å². The van der Waals surface area contributed by atoms with Crippen molar-refractivity contribution in [2.24, 2.45) is 0 Å². The normalized spacial score (nSPS) is 10.8. The number of anilines is 1. The fourth-order valence-electron chi connectivity index (χ4n) is 3.00. The molecule has 4 rings (SSSR count). The molecule has 0 unspecified atom stereocenters. The molecule has 1 heterocycles. The van der Waals surface area contributed by atoms with Crippen molar-refractivity contribution in [2.75, 3.05) is 11.1 Å². The van der Waals surface area contributed by atoms with Crippen molar-refractivity contribution in [1.82, 2.24) is 14.8 Å². The van der Waals surface area contributed by atoms with E-state index < -0.39 is 0 Å². The van der Waals surface area contributed by atoms with Gasteiger partial charge in [0.15, 0.2) is 11.0 Å². The van der Waals surface area contributed by atoms with Gasteiger partial charge in [0.05, 0.1) is 16.5 Å². The number of ether oxygens (including phenoxy) is 1. The number of nitrogens with one attached hydrogen (secondary N) is 1. The predicted molar refractivity (Wildman–Crippen MR) is 128 cm³/mol. The quantitative estimate of drug-likeness (QED) is 0.327. The molecule has 1 amide bonds. The molecule has 1 N–H and O–H groups in total. The van der Waals surface area contributed by atoms with E-state index in [0.717, 1.165) is 11.3 Å². The molecule has 0 aliphatic carbocycles. The zero-order valence-electron chi connectivity index (χ0n) is 17.7. The van der Waals surface area contributed by atoms with Crippen molar-refractivity contribution in [3.8, 4) is 11.4 Å². The maximum Gasteiger partial charge on any atom is 0.234 e. The molecule has 9 heteroatoms. The number of halogens is 2. The molecule has 0 saturated heterocycles. The first-order chi connectivity index (χ1) is 16.0. The monoisotopic (exact) mass is 482 g/mol. The van der Waals surface area contributed by atoms with Gasteiger partial charge in [0.2, 0.25) is 5.91 Å². The second-order valence-corrected chi connectivity index (χ2v) is 8.48. The van der Waals surface area contributed by atoms with Gasteiger partial charge in [-0.2, -0.15) is 0 Å². The third-order valence-electron chi connectivity index (χ3n) is 4.65. The number of rotatable bonds is 8. The van der Waals surface area contributed by atoms with Gasteiger partial charge in [-0.3, -0.25) is 9.36 Å². The van der Waals surface area contributed by atoms with Crippen molar-refractivity contribution in [2.45, 2.75) is 18.7 Å². The van der Waals surface area contributed by atoms with Gasteiger partial charge in [-0.25, -0.2) is 4.39 Å². The fraction of sp³-hybridized carbons (Fsp3) is 0.125. The minimum absolute atomic E-state index is 0.119. The van der Waals surface area contributed by atoms with Crippen LogP contribution in [0.5, 0.6) is 5.75 Å². The molecule has 0 fully saturated rings. The lowest BCUT2D eigenvalue weighted by molar-refractivity contribution is -0.113. The third kappa shape index (κ3) is 5.91. The summed E-state index contributed by atoms with van der Waals surface area (Å²) in [4.78, 5) is 12.5. The Balaban J connectivity index is 1.51. The summed E-state index contributed by atoms with van der Waals surface area (Å²) in [6.07, 6.45) is 0. The van der Waals surface area contributed by atoms with Crippen molar-refractivity contribution >= 4 is 35.0 Å². The molecular formula is C24H20ClFN4O2S. The summed E-state index contributed by atoms with van der Waals surface area (Å²) < 4.78 is 20.8. The molecule has 0 aliphatic heterocycles. The molecule has 4 aromatic rings. The summed E-state index contributed by atoms with van der Waals surface area (Å²) in [7, 11) is 0. The molecule has 6 nitrogen and oxygen atoms in total. The van der Waals surface area contributed by atoms with Crippen LogP contribution in [0.2, 0.25) is 5.02 Å². The standard InChI is InChI=1S/C24H20ClFN4O2S/c1-16-6-10-18(11-7-16)30-22(14-32-19-12-8-17(26)9-13-19)28-29-24(30)33-15-23(31)27-21-5-3-2-4-20(21)25/h2-13H,14-15H2,1H3,(H,27,31). The third-order valence-corrected chi connectivity index (χ3v) is 5.91. The summed E-state index contributed by atoms with van der Waals surface area (Å²) in [5.74, 6) is 0.642. The number of benzene rings is 3. The number of thioether (sulfide) groups is 1. The van der Waals surface area contributed by atoms with E-state index in [9.17, 15) is 9.18 Å². The maximum atomic E-state index is 13.2. The Kier molecular flexibility index (Phi) is 7.26. The van der Waals surface area contributed by atoms with E-state index in [2.05, 4.69) is 15.5 Å². The second kappa shape index (κ2) is 10.5. The van der Waals surface area contributed by atoms with E-state index in [-0.39, 0.29) is 24.1 Å². The maximum absolute atomic E-state index is 13.2. The van der Waals surface area contributed by atoms with E-state index in [4.69, 9.17) is 16.3 Å². The number of para-hydroxylation sites is 1. The molecule has 168 valence electrons. The van der Waals surface area contributed by atoms with Crippen LogP contribution >= 0.6 is 23.4 Å². The highest BCUT2D eigenvalue weighted by atomic mass is 35.5. The molecule has 0 atom stereocenters. The number of aromatic nitrogens is 3. The minimum atomic E-state index is -0.334. The van der Waals surface area contributed by atoms with Crippen LogP contribution in [0.25, 0.3) is 5.69 Å². The van der Waals surface area contributed by atoms with Crippen LogP contribution in [0.3, 0.4) is 0 Å². The highest BCUT2D eigenvalue weighted by molar-refractivity contribution is 7.99. The number of amides is 1. The van der Waals surface area contributed by atoms with Gasteiger partial charge in [0, 0.05) is 5.69 Å². The van der Waals surface area contributed by atoms with E-state index >= 15 is 0 Å². The van der Waals surface area contributed by atoms with E-state index in [0.29, 0.717) is 27.4 Å². The highest BCUT2D eigenvalue weighted by Gasteiger charge is 2.17. The first-order valence-electron chi connectivity index (χ1n) is 10.1. The Hall–Kier alpha value is -3.36. The molecule has 0 aliphatic rings. The van der Waals surface area contributed by atoms with Gasteiger partial charge in [0.25, 0.3) is 0 Å². The van der Waals surface area contributed by atoms with E-state index in [1.807, 2.05) is 35.8 Å². The Morgan fingerprint density at radius 2 is 1.79 bits per heavy atom. The van der Waals surface area contributed by atoms with Crippen LogP contribution in [0.1, 0.15) is 11.4 Å². The second-order valence-electron chi connectivity index (χ2n) is 7.13. The zero-order chi connectivity index (χ0) is 23.2. The SMILES string of the molecule is Cc1ccc(-n2c(COc3ccc(F)cc3)nnc2SCC(=O)Nc2ccccc2Cl)cc1. The molecule has 0 radical (unpaired) electrons. The molecule has 0 saturated carbocycles. The van der Waals surface area contributed by atoms with Gasteiger partial charge < -0.3 is 10.1 Å². The van der Waals surface area contributed by atoms with Crippen molar-refractivity contribution in [3.05, 3.63) is 95.0 Å². The van der Waals surface area contributed by atoms with Crippen molar-refractivity contribution < 1.29 is 13.9 Å². The van der Waals surface area contributed by atoms with Gasteiger partial charge >= 0.3 is 0 Å². The number of carbonyl (C=O) groups excluding carboxylic acids is 1. The average molecular weight is 483 g/mol. The van der Waals surface area contributed by atoms with Gasteiger partial charge in [-0.1, -0.05) is 53.2 Å². The van der Waals surface area contributed by atoms with Crippen LogP contribution in [-0.2, 0) is 11.4 Å². The molecule has 3 aromatic carbocycles. The predicted octanol–water partition coefficient (Wildman–Crippen LogP) is 5.68. The molecule has 1 aromatic heterocycles. The number of hydrogen-bond donors (Lipinski definition) is 1. The Labute approximate surface area is 199 Å². The topological polar surface area (TPSA) is 69.0 Å². The lowest BCUT2D eigenvalue weighted by atomic mass is 10.2. The van der Waals surface area contributed by atoms with Crippen LogP contribution in [-0.4, -0.2) is 26.4 Å². The summed E-state index contributed by atoms with van der Waals surface area (Å²) in [6.45, 7) is 2.13. The summed E-state index contributed by atoms with van der Waals surface area (Å²) >= 11 is 7.37. The first-order valence-corrected chi connectivity index (χ1v) is 11.4. The van der Waals surface area contributed by atoms with E-state index in [1.54, 1.807) is 36.4 Å². The molecule has 0 spiro atoms. The van der Waals surface area contributed by atoms with Crippen LogP contribution in [0, 0.1) is 12.7 Å². The summed E-state index contributed by atoms with van der Waals surface area (Å²) in [5.41, 5.74) is 2.51. The van der Waals surface area contributed by atoms with E-state index in [1.165, 1.54) is 23.9 Å². The number of carbonyl (C=O) groups is 1. The molecular weight excluding hydrogens is 463 g/mol. The van der Waals surface area contributed by atoms with Gasteiger partial charge in [-0.15, -0.1) is 10.2 Å². The van der Waals surface area contributed by atoms with Crippen LogP contribution < -0.4 is 10.1 Å². The number of hydrogen-bond acceptors (Lipinski definition) is 5. The fourth-order valence-corrected chi connectivity index (χ4v) is 3.95. The number of aryl methyl sites for hydroxylation is 1. The largest absolute Gasteiger partial charge is 0.486 e. The van der Waals surface area contributed by atoms with Gasteiger partial charge in [0.1, 0.15) is 18.2 Å². The molecule has 0 bridgehead atoms.